The molecule has 1 rings (SSSR count). The van der Waals surface area contributed by atoms with E-state index >= 15 is 0 Å². The van der Waals surface area contributed by atoms with Crippen molar-refractivity contribution in [3.8, 4) is 0 Å². The highest BCUT2D eigenvalue weighted by Gasteiger charge is 2.30. The second-order valence-electron chi connectivity index (χ2n) is 2.54. The van der Waals surface area contributed by atoms with Gasteiger partial charge in [0.05, 0.1) is 7.11 Å². The molecule has 0 aromatic heterocycles. The first-order valence-corrected chi connectivity index (χ1v) is 3.69. The lowest BCUT2D eigenvalue weighted by Gasteiger charge is -2.19. The van der Waals surface area contributed by atoms with E-state index in [9.17, 15) is 9.59 Å². The van der Waals surface area contributed by atoms with Crippen molar-refractivity contribution in [2.75, 3.05) is 7.11 Å². The van der Waals surface area contributed by atoms with Crippen molar-refractivity contribution in [3.63, 3.8) is 0 Å². The molecule has 6 heteroatoms. The lowest BCUT2D eigenvalue weighted by molar-refractivity contribution is -0.134. The largest absolute Gasteiger partial charge is 0.711 e. The summed E-state index contributed by atoms with van der Waals surface area (Å²) in [6.45, 7) is 0. The fraction of sp³-hybridized carbons (Fsp3) is 0.250. The maximum Gasteiger partial charge on any atom is 0.339 e. The van der Waals surface area contributed by atoms with Gasteiger partial charge >= 0.3 is 5.97 Å². The average molecular weight is 195 g/mol. The number of Topliss-reactive ketones (excluding diaryl/α,β-unsaturated/α-hetero) is 1. The smallest absolute Gasteiger partial charge is 0.339 e. The van der Waals surface area contributed by atoms with Gasteiger partial charge < -0.3 is 20.5 Å². The Hall–Kier alpha value is -1.98. The van der Waals surface area contributed by atoms with Crippen LogP contribution in [0, 0.1) is 0 Å². The lowest BCUT2D eigenvalue weighted by atomic mass is 9.98. The van der Waals surface area contributed by atoms with E-state index < -0.39 is 23.4 Å². The Kier molecular flexibility index (Phi) is 2.76. The van der Waals surface area contributed by atoms with Crippen LogP contribution >= 0.6 is 0 Å². The number of allylic oxidation sites excluding steroid dienone is 2. The number of hydrogen-bond donors (Lipinski definition) is 1. The summed E-state index contributed by atoms with van der Waals surface area (Å²) in [6.07, 6.45) is 2.40. The van der Waals surface area contributed by atoms with Crippen molar-refractivity contribution in [2.45, 2.75) is 6.04 Å². The number of carboxylic acids is 1. The van der Waals surface area contributed by atoms with Crippen molar-refractivity contribution < 1.29 is 19.4 Å². The summed E-state index contributed by atoms with van der Waals surface area (Å²) in [5, 5.41) is 11.4. The predicted molar refractivity (Wildman–Crippen MR) is 45.4 cm³/mol. The van der Waals surface area contributed by atoms with Gasteiger partial charge in [-0.25, -0.2) is 4.79 Å². The van der Waals surface area contributed by atoms with Gasteiger partial charge in [0, 0.05) is 0 Å². The Bertz CT molecular complexity index is 356. The number of carbonyl (C=O) groups is 2. The van der Waals surface area contributed by atoms with Crippen LogP contribution in [0.5, 0.6) is 0 Å². The maximum atomic E-state index is 11.3. The van der Waals surface area contributed by atoms with Crippen molar-refractivity contribution in [1.82, 2.24) is 0 Å². The summed E-state index contributed by atoms with van der Waals surface area (Å²) in [7, 11) is 1.30. The van der Waals surface area contributed by atoms with Crippen LogP contribution in [0.3, 0.4) is 0 Å². The highest BCUT2D eigenvalue weighted by atomic mass is 16.5. The minimum atomic E-state index is -1.35. The van der Waals surface area contributed by atoms with Gasteiger partial charge in [-0.15, -0.1) is 0 Å². The van der Waals surface area contributed by atoms with Gasteiger partial charge in [0.1, 0.15) is 17.4 Å². The van der Waals surface area contributed by atoms with E-state index in [1.807, 2.05) is 0 Å². The highest BCUT2D eigenvalue weighted by Crippen LogP contribution is 2.19. The standard InChI is InChI=1S/C8H7N2O4/c1-14-5-3-2-4(8(12)13)7(11)6(5)10-9/h2-3,6H,1H3,(H,12,13)/q-1. The van der Waals surface area contributed by atoms with Crippen LogP contribution in [0.2, 0.25) is 0 Å². The molecule has 1 N–H and O–H groups in total. The summed E-state index contributed by atoms with van der Waals surface area (Å²) >= 11 is 0. The predicted octanol–water partition coefficient (Wildman–Crippen LogP) is 0.501. The molecule has 0 saturated heterocycles. The van der Waals surface area contributed by atoms with E-state index in [4.69, 9.17) is 15.4 Å². The van der Waals surface area contributed by atoms with Crippen molar-refractivity contribution >= 4 is 11.8 Å². The summed E-state index contributed by atoms with van der Waals surface area (Å²) < 4.78 is 4.74. The second-order valence-corrected chi connectivity index (χ2v) is 2.54. The number of carbonyl (C=O) groups excluding carboxylic acids is 1. The topological polar surface area (TPSA) is 98.3 Å². The van der Waals surface area contributed by atoms with Crippen molar-refractivity contribution in [2.24, 2.45) is 5.11 Å². The summed E-state index contributed by atoms with van der Waals surface area (Å²) in [4.78, 5) is 21.9. The lowest BCUT2D eigenvalue weighted by Crippen LogP contribution is -2.29. The monoisotopic (exact) mass is 195 g/mol. The quantitative estimate of drug-likeness (QED) is 0.523. The Morgan fingerprint density at radius 1 is 1.64 bits per heavy atom. The Balaban J connectivity index is 3.11. The zero-order chi connectivity index (χ0) is 10.7. The van der Waals surface area contributed by atoms with E-state index in [-0.39, 0.29) is 5.76 Å². The molecule has 6 nitrogen and oxygen atoms in total. The number of aliphatic carboxylic acids is 1. The molecule has 74 valence electrons. The average Bonchev–Trinajstić information content (AvgIpc) is 2.16. The van der Waals surface area contributed by atoms with Crippen LogP contribution in [-0.4, -0.2) is 30.0 Å². The minimum absolute atomic E-state index is 0.113. The van der Waals surface area contributed by atoms with E-state index in [1.165, 1.54) is 13.2 Å². The van der Waals surface area contributed by atoms with E-state index in [0.29, 0.717) is 0 Å². The molecule has 0 aromatic rings. The van der Waals surface area contributed by atoms with Crippen molar-refractivity contribution in [3.05, 3.63) is 29.0 Å². The fourth-order valence-corrected chi connectivity index (χ4v) is 1.08. The molecular formula is C8H7N2O4-. The Morgan fingerprint density at radius 2 is 2.29 bits per heavy atom. The number of carboxylic acid groups (broad SMARTS) is 1. The van der Waals surface area contributed by atoms with Gasteiger partial charge in [0.2, 0.25) is 0 Å². The molecule has 14 heavy (non-hydrogen) atoms. The summed E-state index contributed by atoms with van der Waals surface area (Å²) in [5.41, 5.74) is 8.10. The Morgan fingerprint density at radius 3 is 2.71 bits per heavy atom. The molecule has 0 heterocycles. The molecule has 1 unspecified atom stereocenters. The van der Waals surface area contributed by atoms with Crippen LogP contribution < -0.4 is 0 Å². The van der Waals surface area contributed by atoms with Gasteiger partial charge in [-0.3, -0.25) is 4.79 Å². The number of hydrogen-bond acceptors (Lipinski definition) is 4. The molecule has 1 aliphatic rings. The molecule has 0 amide bonds. The van der Waals surface area contributed by atoms with Crippen LogP contribution in [0.15, 0.2) is 28.6 Å². The SMILES string of the molecule is COC1=CC=C(C(=O)O)C(=O)C1N=[N-]. The fourth-order valence-electron chi connectivity index (χ4n) is 1.08. The van der Waals surface area contributed by atoms with Gasteiger partial charge in [-0.05, 0) is 12.2 Å². The zero-order valence-corrected chi connectivity index (χ0v) is 7.30. The molecule has 0 aliphatic heterocycles. The first-order chi connectivity index (χ1) is 6.61. The molecule has 0 radical (unpaired) electrons. The number of ether oxygens (including phenoxy) is 1. The maximum absolute atomic E-state index is 11.3. The summed E-state index contributed by atoms with van der Waals surface area (Å²) in [5.74, 6) is -2.03. The molecular weight excluding hydrogens is 188 g/mol. The van der Waals surface area contributed by atoms with E-state index in [2.05, 4.69) is 5.11 Å². The third-order valence-corrected chi connectivity index (χ3v) is 1.78. The normalized spacial score (nSPS) is 20.9. The van der Waals surface area contributed by atoms with Crippen LogP contribution in [-0.2, 0) is 14.3 Å². The van der Waals surface area contributed by atoms with Gasteiger partial charge in [0.25, 0.3) is 0 Å². The Labute approximate surface area is 79.4 Å². The number of nitrogens with zero attached hydrogens (tertiary/aromatic N) is 2. The first-order valence-electron chi connectivity index (χ1n) is 3.69. The molecule has 0 bridgehead atoms. The van der Waals surface area contributed by atoms with Gasteiger partial charge in [-0.1, -0.05) is 0 Å². The van der Waals surface area contributed by atoms with Crippen LogP contribution in [0.4, 0.5) is 0 Å². The molecule has 0 saturated carbocycles. The van der Waals surface area contributed by atoms with Crippen molar-refractivity contribution in [1.29, 1.82) is 0 Å². The van der Waals surface area contributed by atoms with Crippen LogP contribution in [0.25, 0.3) is 5.53 Å². The van der Waals surface area contributed by atoms with Gasteiger partial charge in [0.15, 0.2) is 5.78 Å². The van der Waals surface area contributed by atoms with E-state index in [0.717, 1.165) is 6.08 Å². The van der Waals surface area contributed by atoms with Gasteiger partial charge in [-0.2, -0.15) is 0 Å². The number of methoxy groups -OCH3 is 1. The third-order valence-electron chi connectivity index (χ3n) is 1.78. The first kappa shape index (κ1) is 10.1. The molecule has 1 aliphatic carbocycles. The van der Waals surface area contributed by atoms with Crippen LogP contribution in [0.1, 0.15) is 0 Å². The highest BCUT2D eigenvalue weighted by molar-refractivity contribution is 6.20. The molecule has 0 aromatic carbocycles. The molecule has 1 atom stereocenters. The number of rotatable bonds is 3. The third kappa shape index (κ3) is 1.54. The minimum Gasteiger partial charge on any atom is -0.711 e. The van der Waals surface area contributed by atoms with E-state index in [1.54, 1.807) is 0 Å². The molecule has 0 fully saturated rings. The second kappa shape index (κ2) is 3.82. The zero-order valence-electron chi connectivity index (χ0n) is 7.30. The summed E-state index contributed by atoms with van der Waals surface area (Å²) in [6, 6.07) is -1.27. The number of ketones is 1. The molecule has 0 spiro atoms.